The number of carboxylic acids is 1. The quantitative estimate of drug-likeness (QED) is 0.360. The maximum atomic E-state index is 10.8. The van der Waals surface area contributed by atoms with Gasteiger partial charge in [-0.1, -0.05) is 42.2 Å². The molecule has 0 radical (unpaired) electrons. The van der Waals surface area contributed by atoms with Gasteiger partial charge in [0, 0.05) is 0 Å². The van der Waals surface area contributed by atoms with Gasteiger partial charge in [-0.3, -0.25) is 4.79 Å². The van der Waals surface area contributed by atoms with E-state index in [1.807, 2.05) is 0 Å². The van der Waals surface area contributed by atoms with Crippen molar-refractivity contribution in [3.05, 3.63) is 0 Å². The molecule has 0 fully saturated rings. The summed E-state index contributed by atoms with van der Waals surface area (Å²) < 4.78 is 0. The molecule has 1 atom stereocenters. The summed E-state index contributed by atoms with van der Waals surface area (Å²) >= 11 is 3.96. The van der Waals surface area contributed by atoms with E-state index in [0.29, 0.717) is 0 Å². The van der Waals surface area contributed by atoms with Crippen LogP contribution in [0.4, 0.5) is 0 Å². The van der Waals surface area contributed by atoms with Gasteiger partial charge < -0.3 is 5.11 Å². The Morgan fingerprint density at radius 2 is 2.14 bits per heavy atom. The lowest BCUT2D eigenvalue weighted by molar-refractivity contribution is -0.136. The van der Waals surface area contributed by atoms with Crippen molar-refractivity contribution >= 4 is 67.7 Å². The lowest BCUT2D eigenvalue weighted by Crippen LogP contribution is -2.14. The van der Waals surface area contributed by atoms with Crippen LogP contribution in [0.25, 0.3) is 0 Å². The molecule has 0 aromatic rings. The zero-order valence-corrected chi connectivity index (χ0v) is 12.5. The highest BCUT2D eigenvalue weighted by Gasteiger charge is 2.17. The Balaban J connectivity index is 3.57. The van der Waals surface area contributed by atoms with Crippen molar-refractivity contribution in [2.24, 2.45) is 0 Å². The Bertz CT molecular complexity index is 155. The molecule has 0 aliphatic heterocycles. The van der Waals surface area contributed by atoms with Crippen LogP contribution in [-0.2, 0) is 4.79 Å². The number of unbranched alkanes of at least 4 members (excludes halogenated alkanes) is 1. The van der Waals surface area contributed by atoms with Crippen molar-refractivity contribution in [1.82, 2.24) is 0 Å². The van der Waals surface area contributed by atoms with Gasteiger partial charge in [-0.25, -0.2) is 0 Å². The third-order valence-electron chi connectivity index (χ3n) is 1.34. The largest absolute Gasteiger partial charge is 0.480 e. The van der Waals surface area contributed by atoms with Crippen molar-refractivity contribution < 1.29 is 9.90 Å². The first-order valence-corrected chi connectivity index (χ1v) is 11.2. The minimum absolute atomic E-state index is 0.280. The van der Waals surface area contributed by atoms with Crippen LogP contribution in [-0.4, -0.2) is 16.3 Å². The van der Waals surface area contributed by atoms with E-state index >= 15 is 0 Å². The van der Waals surface area contributed by atoms with Crippen LogP contribution < -0.4 is 0 Å². The summed E-state index contributed by atoms with van der Waals surface area (Å²) in [6.45, 7) is 2.07. The van der Waals surface area contributed by atoms with Crippen LogP contribution in [0.1, 0.15) is 26.2 Å². The molecule has 0 aliphatic carbocycles. The number of thiol groups is 1. The SMILES string of the molecule is CCCCC(SSSSSS)C(=O)O. The maximum Gasteiger partial charge on any atom is 0.317 e. The van der Waals surface area contributed by atoms with E-state index in [1.165, 1.54) is 40.3 Å². The Kier molecular flexibility index (Phi) is 12.3. The van der Waals surface area contributed by atoms with E-state index in [0.717, 1.165) is 19.3 Å². The molecule has 1 unspecified atom stereocenters. The molecular weight excluding hydrogens is 296 g/mol. The molecule has 0 aliphatic rings. The molecule has 84 valence electrons. The first-order chi connectivity index (χ1) is 6.72. The van der Waals surface area contributed by atoms with E-state index in [9.17, 15) is 4.79 Å². The highest BCUT2D eigenvalue weighted by Crippen LogP contribution is 2.51. The van der Waals surface area contributed by atoms with Crippen molar-refractivity contribution in [2.45, 2.75) is 31.4 Å². The summed E-state index contributed by atoms with van der Waals surface area (Å²) in [7, 11) is 7.39. The molecule has 0 saturated heterocycles. The molecule has 0 aromatic heterocycles. The topological polar surface area (TPSA) is 37.3 Å². The first kappa shape index (κ1) is 15.6. The van der Waals surface area contributed by atoms with Gasteiger partial charge in [0.2, 0.25) is 0 Å². The summed E-state index contributed by atoms with van der Waals surface area (Å²) in [5.41, 5.74) is 0. The first-order valence-electron chi connectivity index (χ1n) is 3.92. The van der Waals surface area contributed by atoms with E-state index in [-0.39, 0.29) is 5.25 Å². The summed E-state index contributed by atoms with van der Waals surface area (Å²) in [4.78, 5) is 10.8. The third kappa shape index (κ3) is 8.84. The van der Waals surface area contributed by atoms with Gasteiger partial charge in [-0.05, 0) is 45.7 Å². The molecular formula is C6H12O2S6. The molecule has 0 aromatic carbocycles. The van der Waals surface area contributed by atoms with Crippen molar-refractivity contribution in [1.29, 1.82) is 0 Å². The van der Waals surface area contributed by atoms with E-state index in [2.05, 4.69) is 18.6 Å². The third-order valence-corrected chi connectivity index (χ3v) is 10.6. The maximum absolute atomic E-state index is 10.8. The molecule has 2 nitrogen and oxygen atoms in total. The Hall–Kier alpha value is 1.57. The molecule has 0 spiro atoms. The van der Waals surface area contributed by atoms with Gasteiger partial charge in [0.25, 0.3) is 0 Å². The van der Waals surface area contributed by atoms with Crippen molar-refractivity contribution in [3.63, 3.8) is 0 Å². The van der Waals surface area contributed by atoms with Crippen LogP contribution >= 0.6 is 61.8 Å². The fourth-order valence-corrected chi connectivity index (χ4v) is 9.84. The molecule has 8 heteroatoms. The van der Waals surface area contributed by atoms with Gasteiger partial charge in [0.15, 0.2) is 0 Å². The number of hydrogen-bond acceptors (Lipinski definition) is 7. The zero-order chi connectivity index (χ0) is 10.8. The monoisotopic (exact) mass is 308 g/mol. The number of carboxylic acid groups (broad SMARTS) is 1. The number of aliphatic carboxylic acids is 1. The zero-order valence-electron chi connectivity index (χ0n) is 7.54. The Labute approximate surface area is 108 Å². The van der Waals surface area contributed by atoms with E-state index in [4.69, 9.17) is 5.11 Å². The van der Waals surface area contributed by atoms with Gasteiger partial charge in [-0.15, -0.1) is 0 Å². The standard InChI is InChI=1S/C6H12O2S6/c1-2-3-4-5(6(7)8)10-12-14-13-11-9/h5,9H,2-4H2,1H3,(H,7,8). The predicted octanol–water partition coefficient (Wildman–Crippen LogP) is 4.80. The van der Waals surface area contributed by atoms with Gasteiger partial charge in [0.05, 0.1) is 0 Å². The molecule has 0 saturated carbocycles. The number of hydrogen-bond donors (Lipinski definition) is 2. The smallest absolute Gasteiger partial charge is 0.317 e. The fraction of sp³-hybridized carbons (Fsp3) is 0.833. The predicted molar refractivity (Wildman–Crippen MR) is 77.9 cm³/mol. The second-order valence-corrected chi connectivity index (χ2v) is 10.9. The molecule has 0 amide bonds. The minimum Gasteiger partial charge on any atom is -0.480 e. The summed E-state index contributed by atoms with van der Waals surface area (Å²) in [6.07, 6.45) is 2.77. The molecule has 0 bridgehead atoms. The molecule has 14 heavy (non-hydrogen) atoms. The van der Waals surface area contributed by atoms with Crippen LogP contribution in [0.15, 0.2) is 0 Å². The van der Waals surface area contributed by atoms with Crippen molar-refractivity contribution in [2.75, 3.05) is 0 Å². The average molecular weight is 309 g/mol. The lowest BCUT2D eigenvalue weighted by Gasteiger charge is -2.08. The van der Waals surface area contributed by atoms with Crippen LogP contribution in [0, 0.1) is 0 Å². The summed E-state index contributed by atoms with van der Waals surface area (Å²) in [6, 6.07) is 0. The summed E-state index contributed by atoms with van der Waals surface area (Å²) in [5, 5.41) is 8.61. The van der Waals surface area contributed by atoms with Gasteiger partial charge >= 0.3 is 5.97 Å². The van der Waals surface area contributed by atoms with E-state index < -0.39 is 5.97 Å². The second kappa shape index (κ2) is 11.1. The lowest BCUT2D eigenvalue weighted by atomic mass is 10.2. The van der Waals surface area contributed by atoms with Crippen LogP contribution in [0.5, 0.6) is 0 Å². The number of rotatable bonds is 9. The second-order valence-electron chi connectivity index (χ2n) is 2.34. The average Bonchev–Trinajstić information content (AvgIpc) is 2.16. The van der Waals surface area contributed by atoms with Crippen LogP contribution in [0.2, 0.25) is 0 Å². The molecule has 0 rings (SSSR count). The summed E-state index contributed by atoms with van der Waals surface area (Å²) in [5.74, 6) is -0.708. The van der Waals surface area contributed by atoms with Gasteiger partial charge in [0.1, 0.15) is 5.25 Å². The Morgan fingerprint density at radius 3 is 2.64 bits per heavy atom. The van der Waals surface area contributed by atoms with E-state index in [1.54, 1.807) is 9.83 Å². The van der Waals surface area contributed by atoms with Crippen molar-refractivity contribution in [3.8, 4) is 0 Å². The number of carbonyl (C=O) groups is 1. The fourth-order valence-electron chi connectivity index (χ4n) is 0.689. The highest BCUT2D eigenvalue weighted by molar-refractivity contribution is 9.41. The van der Waals surface area contributed by atoms with Gasteiger partial charge in [-0.2, -0.15) is 0 Å². The minimum atomic E-state index is -0.708. The molecule has 0 heterocycles. The normalized spacial score (nSPS) is 12.7. The Morgan fingerprint density at radius 1 is 1.43 bits per heavy atom. The molecule has 1 N–H and O–H groups in total. The highest BCUT2D eigenvalue weighted by atomic mass is 33.9. The van der Waals surface area contributed by atoms with Crippen LogP contribution in [0.3, 0.4) is 0 Å².